The van der Waals surface area contributed by atoms with Gasteiger partial charge in [0.1, 0.15) is 17.5 Å². The maximum atomic E-state index is 13.7. The number of alkyl halides is 1. The summed E-state index contributed by atoms with van der Waals surface area (Å²) in [4.78, 5) is 0. The van der Waals surface area contributed by atoms with Crippen molar-refractivity contribution in [2.75, 3.05) is 0 Å². The highest BCUT2D eigenvalue weighted by Gasteiger charge is 2.20. The second-order valence-corrected chi connectivity index (χ2v) is 5.49. The fraction of sp³-hybridized carbons (Fsp3) is 0.143. The molecule has 0 aliphatic rings. The van der Waals surface area contributed by atoms with Gasteiger partial charge in [-0.25, -0.2) is 13.2 Å². The zero-order chi connectivity index (χ0) is 14.0. The van der Waals surface area contributed by atoms with Crippen molar-refractivity contribution in [3.63, 3.8) is 0 Å². The molecule has 1 unspecified atom stereocenters. The van der Waals surface area contributed by atoms with Gasteiger partial charge in [0, 0.05) is 10.0 Å². The highest BCUT2D eigenvalue weighted by Crippen LogP contribution is 2.32. The minimum absolute atomic E-state index is 0.0176. The van der Waals surface area contributed by atoms with E-state index in [1.54, 1.807) is 18.2 Å². The molecule has 0 bridgehead atoms. The predicted molar refractivity (Wildman–Crippen MR) is 72.8 cm³/mol. The molecule has 0 aliphatic carbocycles. The normalized spacial score (nSPS) is 12.5. The van der Waals surface area contributed by atoms with Crippen LogP contribution in [0.5, 0.6) is 0 Å². The minimum atomic E-state index is -0.968. The standard InChI is InChI=1S/C14H9BrClF3/c15-9-6-12(18)14(13(19)7-9)10(16)5-8-3-1-2-4-11(8)17/h1-4,6-7,10H,5H2. The third kappa shape index (κ3) is 3.31. The zero-order valence-electron chi connectivity index (χ0n) is 9.64. The van der Waals surface area contributed by atoms with Crippen molar-refractivity contribution in [3.8, 4) is 0 Å². The van der Waals surface area contributed by atoms with Crippen molar-refractivity contribution in [2.45, 2.75) is 11.8 Å². The van der Waals surface area contributed by atoms with E-state index in [0.717, 1.165) is 12.1 Å². The van der Waals surface area contributed by atoms with Crippen LogP contribution in [-0.4, -0.2) is 0 Å². The number of hydrogen-bond acceptors (Lipinski definition) is 0. The van der Waals surface area contributed by atoms with Crippen LogP contribution in [0.3, 0.4) is 0 Å². The molecule has 2 rings (SSSR count). The summed E-state index contributed by atoms with van der Waals surface area (Å²) in [6.45, 7) is 0. The SMILES string of the molecule is Fc1ccccc1CC(Cl)c1c(F)cc(Br)cc1F. The number of rotatable bonds is 3. The van der Waals surface area contributed by atoms with E-state index < -0.39 is 22.8 Å². The number of halogens is 5. The quantitative estimate of drug-likeness (QED) is 0.652. The molecule has 0 radical (unpaired) electrons. The predicted octanol–water partition coefficient (Wildman–Crippen LogP) is 5.39. The highest BCUT2D eigenvalue weighted by molar-refractivity contribution is 9.10. The van der Waals surface area contributed by atoms with E-state index in [2.05, 4.69) is 15.9 Å². The van der Waals surface area contributed by atoms with Gasteiger partial charge in [0.05, 0.1) is 5.38 Å². The molecular weight excluding hydrogens is 341 g/mol. The Kier molecular flexibility index (Phi) is 4.53. The van der Waals surface area contributed by atoms with E-state index in [-0.39, 0.29) is 12.0 Å². The molecule has 0 aromatic heterocycles. The van der Waals surface area contributed by atoms with Gasteiger partial charge in [-0.15, -0.1) is 11.6 Å². The van der Waals surface area contributed by atoms with E-state index >= 15 is 0 Å². The molecule has 2 aromatic carbocycles. The van der Waals surface area contributed by atoms with Gasteiger partial charge in [-0.2, -0.15) is 0 Å². The molecular formula is C14H9BrClF3. The van der Waals surface area contributed by atoms with Crippen LogP contribution in [0.25, 0.3) is 0 Å². The molecule has 2 aromatic rings. The van der Waals surface area contributed by atoms with Crippen LogP contribution in [0.2, 0.25) is 0 Å². The third-order valence-electron chi connectivity index (χ3n) is 2.71. The fourth-order valence-corrected chi connectivity index (χ4v) is 2.59. The van der Waals surface area contributed by atoms with Crippen LogP contribution in [0.15, 0.2) is 40.9 Å². The van der Waals surface area contributed by atoms with Crippen LogP contribution in [0, 0.1) is 17.5 Å². The van der Waals surface area contributed by atoms with Gasteiger partial charge in [0.25, 0.3) is 0 Å². The second kappa shape index (κ2) is 5.97. The largest absolute Gasteiger partial charge is 0.207 e. The Morgan fingerprint density at radius 3 is 2.16 bits per heavy atom. The molecule has 0 nitrogen and oxygen atoms in total. The third-order valence-corrected chi connectivity index (χ3v) is 3.54. The van der Waals surface area contributed by atoms with Crippen LogP contribution in [0.4, 0.5) is 13.2 Å². The average Bonchev–Trinajstić information content (AvgIpc) is 2.30. The van der Waals surface area contributed by atoms with Gasteiger partial charge in [-0.1, -0.05) is 34.1 Å². The van der Waals surface area contributed by atoms with Crippen molar-refractivity contribution in [3.05, 3.63) is 69.4 Å². The second-order valence-electron chi connectivity index (χ2n) is 4.05. The topological polar surface area (TPSA) is 0 Å². The van der Waals surface area contributed by atoms with Crippen LogP contribution in [0.1, 0.15) is 16.5 Å². The number of benzene rings is 2. The summed E-state index contributed by atoms with van der Waals surface area (Å²) in [5, 5.41) is -0.968. The Labute approximate surface area is 122 Å². The summed E-state index contributed by atoms with van der Waals surface area (Å²) in [7, 11) is 0. The molecule has 100 valence electrons. The lowest BCUT2D eigenvalue weighted by atomic mass is 10.0. The van der Waals surface area contributed by atoms with E-state index in [1.807, 2.05) is 0 Å². The van der Waals surface area contributed by atoms with E-state index in [4.69, 9.17) is 11.6 Å². The Bertz CT molecular complexity index is 578. The summed E-state index contributed by atoms with van der Waals surface area (Å²) < 4.78 is 41.2. The first-order valence-corrected chi connectivity index (χ1v) is 6.74. The molecule has 0 spiro atoms. The van der Waals surface area contributed by atoms with Gasteiger partial charge in [-0.3, -0.25) is 0 Å². The molecule has 5 heteroatoms. The zero-order valence-corrected chi connectivity index (χ0v) is 12.0. The lowest BCUT2D eigenvalue weighted by Crippen LogP contribution is -2.04. The van der Waals surface area contributed by atoms with Gasteiger partial charge >= 0.3 is 0 Å². The molecule has 0 aliphatic heterocycles. The first kappa shape index (κ1) is 14.4. The summed E-state index contributed by atoms with van der Waals surface area (Å²) in [5.41, 5.74) is 0.0809. The monoisotopic (exact) mass is 348 g/mol. The van der Waals surface area contributed by atoms with Crippen molar-refractivity contribution in [1.82, 2.24) is 0 Å². The van der Waals surface area contributed by atoms with Crippen LogP contribution >= 0.6 is 27.5 Å². The van der Waals surface area contributed by atoms with Crippen LogP contribution < -0.4 is 0 Å². The average molecular weight is 350 g/mol. The van der Waals surface area contributed by atoms with E-state index in [9.17, 15) is 13.2 Å². The van der Waals surface area contributed by atoms with Gasteiger partial charge in [0.2, 0.25) is 0 Å². The lowest BCUT2D eigenvalue weighted by Gasteiger charge is -2.13. The van der Waals surface area contributed by atoms with Crippen LogP contribution in [-0.2, 0) is 6.42 Å². The summed E-state index contributed by atoms with van der Waals surface area (Å²) in [6.07, 6.45) is 0.0176. The van der Waals surface area contributed by atoms with Crippen molar-refractivity contribution >= 4 is 27.5 Å². The molecule has 0 saturated heterocycles. The molecule has 1 atom stereocenters. The van der Waals surface area contributed by atoms with Crippen molar-refractivity contribution < 1.29 is 13.2 Å². The molecule has 0 fully saturated rings. The molecule has 0 heterocycles. The Hall–Kier alpha value is -1.00. The maximum absolute atomic E-state index is 13.7. The molecule has 19 heavy (non-hydrogen) atoms. The number of hydrogen-bond donors (Lipinski definition) is 0. The first-order valence-electron chi connectivity index (χ1n) is 5.51. The smallest absolute Gasteiger partial charge is 0.131 e. The van der Waals surface area contributed by atoms with Crippen molar-refractivity contribution in [2.24, 2.45) is 0 Å². The Morgan fingerprint density at radius 2 is 1.58 bits per heavy atom. The van der Waals surface area contributed by atoms with Gasteiger partial charge in [-0.05, 0) is 30.2 Å². The molecule has 0 saturated carbocycles. The molecule has 0 amide bonds. The van der Waals surface area contributed by atoms with E-state index in [0.29, 0.717) is 10.0 Å². The minimum Gasteiger partial charge on any atom is -0.207 e. The fourth-order valence-electron chi connectivity index (χ4n) is 1.81. The maximum Gasteiger partial charge on any atom is 0.131 e. The van der Waals surface area contributed by atoms with Gasteiger partial charge < -0.3 is 0 Å². The molecule has 0 N–H and O–H groups in total. The van der Waals surface area contributed by atoms with Gasteiger partial charge in [0.15, 0.2) is 0 Å². The first-order chi connectivity index (χ1) is 8.99. The summed E-state index contributed by atoms with van der Waals surface area (Å²) >= 11 is 9.01. The summed E-state index contributed by atoms with van der Waals surface area (Å²) in [6, 6.07) is 8.29. The highest BCUT2D eigenvalue weighted by atomic mass is 79.9. The van der Waals surface area contributed by atoms with Crippen molar-refractivity contribution in [1.29, 1.82) is 0 Å². The lowest BCUT2D eigenvalue weighted by molar-refractivity contribution is 0.545. The Morgan fingerprint density at radius 1 is 1.00 bits per heavy atom. The van der Waals surface area contributed by atoms with E-state index in [1.165, 1.54) is 6.07 Å². The Balaban J connectivity index is 2.31. The summed E-state index contributed by atoms with van der Waals surface area (Å²) in [5.74, 6) is -1.93.